The Balaban J connectivity index is 0.00000160. The van der Waals surface area contributed by atoms with Crippen LogP contribution in [0.4, 0.5) is 0 Å². The summed E-state index contributed by atoms with van der Waals surface area (Å²) in [6, 6.07) is 6.22. The lowest BCUT2D eigenvalue weighted by Gasteiger charge is -2.33. The van der Waals surface area contributed by atoms with E-state index in [2.05, 4.69) is 48.2 Å². The van der Waals surface area contributed by atoms with E-state index >= 15 is 0 Å². The Morgan fingerprint density at radius 1 is 1.30 bits per heavy atom. The summed E-state index contributed by atoms with van der Waals surface area (Å²) >= 11 is 0. The molecule has 168 valence electrons. The van der Waals surface area contributed by atoms with Gasteiger partial charge in [-0.15, -0.1) is 24.8 Å². The second kappa shape index (κ2) is 10.3. The van der Waals surface area contributed by atoms with Crippen molar-refractivity contribution in [2.75, 3.05) is 39.8 Å². The van der Waals surface area contributed by atoms with Crippen molar-refractivity contribution in [3.63, 3.8) is 0 Å². The molecule has 2 fully saturated rings. The van der Waals surface area contributed by atoms with E-state index in [-0.39, 0.29) is 36.8 Å². The van der Waals surface area contributed by atoms with Crippen LogP contribution in [0, 0.1) is 12.3 Å². The van der Waals surface area contributed by atoms with Crippen LogP contribution in [0.15, 0.2) is 18.2 Å². The van der Waals surface area contributed by atoms with E-state index in [0.717, 1.165) is 55.9 Å². The molecule has 2 aliphatic heterocycles. The number of aromatic amines is 1. The van der Waals surface area contributed by atoms with Gasteiger partial charge < -0.3 is 15.2 Å². The molecule has 2 N–H and O–H groups in total. The number of likely N-dealkylation sites (N-methyl/N-ethyl adjacent to an activating group) is 2. The molecule has 6 nitrogen and oxygen atoms in total. The van der Waals surface area contributed by atoms with Gasteiger partial charge in [0.25, 0.3) is 0 Å². The van der Waals surface area contributed by atoms with Gasteiger partial charge in [0.15, 0.2) is 0 Å². The number of piperidine rings is 1. The van der Waals surface area contributed by atoms with E-state index < -0.39 is 0 Å². The Bertz CT molecular complexity index is 849. The van der Waals surface area contributed by atoms with E-state index in [1.807, 2.05) is 11.0 Å². The molecule has 30 heavy (non-hydrogen) atoms. The number of aryl methyl sites for hydroxylation is 1. The zero-order valence-electron chi connectivity index (χ0n) is 18.2. The maximum atomic E-state index is 13.3. The molecule has 0 aliphatic carbocycles. The predicted octanol–water partition coefficient (Wildman–Crippen LogP) is 3.18. The molecule has 0 saturated carbocycles. The number of benzene rings is 1. The smallest absolute Gasteiger partial charge is 0.239 e. The number of hydrogen-bond acceptors (Lipinski definition) is 4. The van der Waals surface area contributed by atoms with Crippen molar-refractivity contribution in [3.05, 3.63) is 29.6 Å². The fourth-order valence-corrected chi connectivity index (χ4v) is 5.09. The molecule has 2 aliphatic rings. The number of para-hydroxylation sites is 1. The van der Waals surface area contributed by atoms with E-state index in [1.165, 1.54) is 18.4 Å². The number of likely N-dealkylation sites (tertiary alicyclic amines) is 1. The van der Waals surface area contributed by atoms with Crippen LogP contribution in [0.25, 0.3) is 11.0 Å². The van der Waals surface area contributed by atoms with Crippen LogP contribution in [0.1, 0.15) is 37.6 Å². The van der Waals surface area contributed by atoms with Crippen molar-refractivity contribution < 1.29 is 4.79 Å². The third-order valence-electron chi connectivity index (χ3n) is 6.77. The van der Waals surface area contributed by atoms with E-state index in [4.69, 9.17) is 4.98 Å². The summed E-state index contributed by atoms with van der Waals surface area (Å²) in [5.74, 6) is 1.25. The average molecular weight is 456 g/mol. The predicted molar refractivity (Wildman–Crippen MR) is 127 cm³/mol. The summed E-state index contributed by atoms with van der Waals surface area (Å²) in [6.07, 6.45) is 4.14. The first kappa shape index (κ1) is 24.9. The Kier molecular flexibility index (Phi) is 8.57. The fraction of sp³-hybridized carbons (Fsp3) is 0.636. The van der Waals surface area contributed by atoms with Gasteiger partial charge in [0.2, 0.25) is 5.91 Å². The zero-order valence-corrected chi connectivity index (χ0v) is 19.9. The van der Waals surface area contributed by atoms with Crippen LogP contribution in [0.3, 0.4) is 0 Å². The highest BCUT2D eigenvalue weighted by Crippen LogP contribution is 2.41. The highest BCUT2D eigenvalue weighted by Gasteiger charge is 2.46. The summed E-state index contributed by atoms with van der Waals surface area (Å²) in [7, 11) is 2.12. The van der Waals surface area contributed by atoms with Gasteiger partial charge in [-0.05, 0) is 70.3 Å². The Morgan fingerprint density at radius 2 is 2.03 bits per heavy atom. The van der Waals surface area contributed by atoms with Gasteiger partial charge in [-0.3, -0.25) is 9.69 Å². The number of hydrogen-bond donors (Lipinski definition) is 2. The number of imidazole rings is 1. The number of carbonyl (C=O) groups excluding carboxylic acids is 1. The average Bonchev–Trinajstić information content (AvgIpc) is 3.24. The molecule has 8 heteroatoms. The minimum absolute atomic E-state index is 0. The van der Waals surface area contributed by atoms with Crippen molar-refractivity contribution >= 4 is 41.8 Å². The van der Waals surface area contributed by atoms with Crippen molar-refractivity contribution in [2.24, 2.45) is 5.41 Å². The van der Waals surface area contributed by atoms with E-state index in [9.17, 15) is 4.79 Å². The molecule has 1 atom stereocenters. The molecule has 0 bridgehead atoms. The van der Waals surface area contributed by atoms with Crippen LogP contribution < -0.4 is 5.32 Å². The molecular formula is C22H35Cl2N5O. The van der Waals surface area contributed by atoms with Crippen molar-refractivity contribution in [1.82, 2.24) is 25.1 Å². The van der Waals surface area contributed by atoms with Gasteiger partial charge in [-0.1, -0.05) is 12.1 Å². The summed E-state index contributed by atoms with van der Waals surface area (Å²) < 4.78 is 0. The number of fused-ring (bicyclic) bond motifs is 1. The van der Waals surface area contributed by atoms with Gasteiger partial charge in [0.1, 0.15) is 5.82 Å². The number of carbonyl (C=O) groups is 1. The van der Waals surface area contributed by atoms with Crippen LogP contribution >= 0.6 is 24.8 Å². The van der Waals surface area contributed by atoms with Crippen molar-refractivity contribution in [1.29, 1.82) is 0 Å². The Hall–Kier alpha value is -1.34. The maximum Gasteiger partial charge on any atom is 0.239 e. The molecule has 0 radical (unpaired) electrons. The molecule has 1 aromatic heterocycles. The second-order valence-electron chi connectivity index (χ2n) is 8.71. The molecule has 1 unspecified atom stereocenters. The van der Waals surface area contributed by atoms with Crippen molar-refractivity contribution in [2.45, 2.75) is 45.6 Å². The molecule has 2 saturated heterocycles. The lowest BCUT2D eigenvalue weighted by molar-refractivity contribution is -0.135. The topological polar surface area (TPSA) is 64.3 Å². The molecule has 1 amide bonds. The first-order chi connectivity index (χ1) is 13.5. The van der Waals surface area contributed by atoms with E-state index in [1.54, 1.807) is 0 Å². The summed E-state index contributed by atoms with van der Waals surface area (Å²) in [5, 5.41) is 3.46. The van der Waals surface area contributed by atoms with Crippen molar-refractivity contribution in [3.8, 4) is 0 Å². The molecule has 2 aromatic rings. The van der Waals surface area contributed by atoms with Crippen LogP contribution in [-0.2, 0) is 11.2 Å². The van der Waals surface area contributed by atoms with Gasteiger partial charge in [-0.25, -0.2) is 4.98 Å². The maximum absolute atomic E-state index is 13.3. The van der Waals surface area contributed by atoms with E-state index in [0.29, 0.717) is 12.0 Å². The number of amides is 1. The number of H-pyrrole nitrogens is 1. The quantitative estimate of drug-likeness (QED) is 0.726. The van der Waals surface area contributed by atoms with Gasteiger partial charge >= 0.3 is 0 Å². The number of rotatable bonds is 5. The minimum atomic E-state index is 0. The third kappa shape index (κ3) is 4.93. The third-order valence-corrected chi connectivity index (χ3v) is 6.77. The Labute approximate surface area is 192 Å². The number of aromatic nitrogens is 2. The second-order valence-corrected chi connectivity index (χ2v) is 8.71. The normalized spacial score (nSPS) is 20.7. The number of nitrogens with zero attached hydrogens (tertiary/aromatic N) is 3. The highest BCUT2D eigenvalue weighted by atomic mass is 35.5. The molecule has 1 aromatic carbocycles. The molecule has 4 rings (SSSR count). The first-order valence-electron chi connectivity index (χ1n) is 10.7. The van der Waals surface area contributed by atoms with Gasteiger partial charge in [-0.2, -0.15) is 0 Å². The lowest BCUT2D eigenvalue weighted by Crippen LogP contribution is -2.45. The van der Waals surface area contributed by atoms with Gasteiger partial charge in [0.05, 0.1) is 17.1 Å². The summed E-state index contributed by atoms with van der Waals surface area (Å²) in [5.41, 5.74) is 3.63. The Morgan fingerprint density at radius 3 is 2.70 bits per heavy atom. The standard InChI is InChI=1S/C22H33N5O.2ClH/c1-4-27(13-8-19-24-17-7-5-6-16(2)20(17)25-19)21(28)18-14-22(15-26(18)3)9-11-23-12-10-22;;/h5-7,18,23H,4,8-15H2,1-3H3,(H,24,25);2*1H. The minimum Gasteiger partial charge on any atom is -0.342 e. The summed E-state index contributed by atoms with van der Waals surface area (Å²) in [6.45, 7) is 8.84. The number of nitrogens with one attached hydrogen (secondary N) is 2. The summed E-state index contributed by atoms with van der Waals surface area (Å²) in [4.78, 5) is 25.8. The zero-order chi connectivity index (χ0) is 19.7. The SMILES string of the molecule is CCN(CCc1nc2c(C)cccc2[nH]1)C(=O)C1CC2(CCNCC2)CN1C.Cl.Cl. The molecule has 1 spiro atoms. The molecular weight excluding hydrogens is 421 g/mol. The monoisotopic (exact) mass is 455 g/mol. The fourth-order valence-electron chi connectivity index (χ4n) is 5.09. The van der Waals surface area contributed by atoms with Gasteiger partial charge in [0, 0.05) is 26.1 Å². The lowest BCUT2D eigenvalue weighted by atomic mass is 9.77. The van der Waals surface area contributed by atoms with Crippen LogP contribution in [0.5, 0.6) is 0 Å². The largest absolute Gasteiger partial charge is 0.342 e. The van der Waals surface area contributed by atoms with Crippen LogP contribution in [-0.4, -0.2) is 71.5 Å². The first-order valence-corrected chi connectivity index (χ1v) is 10.7. The van der Waals surface area contributed by atoms with Crippen LogP contribution in [0.2, 0.25) is 0 Å². The molecule has 3 heterocycles. The highest BCUT2D eigenvalue weighted by molar-refractivity contribution is 5.85. The number of halogens is 2.